The Labute approximate surface area is 239 Å². The second-order valence-corrected chi connectivity index (χ2v) is 12.8. The molecule has 6 nitrogen and oxygen atoms in total. The highest BCUT2D eigenvalue weighted by molar-refractivity contribution is 7.88. The van der Waals surface area contributed by atoms with Crippen LogP contribution in [0.3, 0.4) is 0 Å². The number of hydrogen-bond donors (Lipinski definition) is 2. The lowest BCUT2D eigenvalue weighted by molar-refractivity contribution is -0.119. The van der Waals surface area contributed by atoms with Crippen LogP contribution in [0.1, 0.15) is 41.5 Å². The van der Waals surface area contributed by atoms with Crippen molar-refractivity contribution >= 4 is 27.4 Å². The lowest BCUT2D eigenvalue weighted by atomic mass is 9.82. The maximum atomic E-state index is 15.1. The van der Waals surface area contributed by atoms with Gasteiger partial charge in [-0.05, 0) is 72.4 Å². The van der Waals surface area contributed by atoms with Crippen molar-refractivity contribution in [3.05, 3.63) is 106 Å². The third kappa shape index (κ3) is 7.14. The number of nitrogens with one attached hydrogen (secondary N) is 1. The van der Waals surface area contributed by atoms with Crippen molar-refractivity contribution in [1.29, 1.82) is 0 Å². The van der Waals surface area contributed by atoms with Gasteiger partial charge in [-0.3, -0.25) is 4.79 Å². The molecule has 3 aromatic rings. The minimum Gasteiger partial charge on any atom is -0.321 e. The number of sulfonamides is 1. The quantitative estimate of drug-likeness (QED) is 0.365. The Morgan fingerprint density at radius 3 is 2.42 bits per heavy atom. The number of Topliss-reactive ketones (excluding diaryl/α,β-unsaturated/α-hetero) is 1. The van der Waals surface area contributed by atoms with Crippen molar-refractivity contribution < 1.29 is 22.0 Å². The summed E-state index contributed by atoms with van der Waals surface area (Å²) in [4.78, 5) is 13.6. The Morgan fingerprint density at radius 2 is 1.75 bits per heavy atom. The molecule has 1 heterocycles. The highest BCUT2D eigenvalue weighted by atomic mass is 35.5. The summed E-state index contributed by atoms with van der Waals surface area (Å²) in [6.45, 7) is 2.84. The smallest absolute Gasteiger partial charge is 0.211 e. The number of hydrogen-bond acceptors (Lipinski definition) is 5. The minimum atomic E-state index is -3.45. The highest BCUT2D eigenvalue weighted by Crippen LogP contribution is 2.31. The first-order valence-electron chi connectivity index (χ1n) is 13.2. The van der Waals surface area contributed by atoms with Gasteiger partial charge in [-0.15, -0.1) is 0 Å². The number of piperazine rings is 1. The van der Waals surface area contributed by atoms with Crippen LogP contribution in [-0.4, -0.2) is 56.0 Å². The normalized spacial score (nSPS) is 19.8. The fraction of sp³-hybridized carbons (Fsp3) is 0.367. The Kier molecular flexibility index (Phi) is 9.74. The summed E-state index contributed by atoms with van der Waals surface area (Å²) in [5, 5.41) is 3.70. The first kappa shape index (κ1) is 30.3. The monoisotopic (exact) mass is 589 g/mol. The molecule has 0 bridgehead atoms. The molecule has 0 unspecified atom stereocenters. The van der Waals surface area contributed by atoms with Gasteiger partial charge in [0.1, 0.15) is 11.6 Å². The molecule has 1 aliphatic rings. The average molecular weight is 590 g/mol. The van der Waals surface area contributed by atoms with Crippen molar-refractivity contribution in [3.63, 3.8) is 0 Å². The fourth-order valence-electron chi connectivity index (χ4n) is 5.68. The van der Waals surface area contributed by atoms with Gasteiger partial charge in [-0.25, -0.2) is 17.2 Å². The molecular weight excluding hydrogens is 556 g/mol. The Hall–Kier alpha value is -2.69. The SMILES string of the molecule is C[C@H]1CNC[C@H](CCc2c(F)cccc2CC(=O)[C@@H](N)[C@H](c2cccc(F)c2)c2cccc(Cl)c2)N1S(C)(=O)=O. The Balaban J connectivity index is 1.58. The number of benzene rings is 3. The molecule has 214 valence electrons. The molecule has 0 spiro atoms. The molecular formula is C30H34ClF2N3O3S. The molecule has 4 atom stereocenters. The molecule has 40 heavy (non-hydrogen) atoms. The lowest BCUT2D eigenvalue weighted by Gasteiger charge is -2.39. The molecule has 3 aromatic carbocycles. The molecule has 4 rings (SSSR count). The zero-order valence-corrected chi connectivity index (χ0v) is 24.1. The van der Waals surface area contributed by atoms with E-state index in [-0.39, 0.29) is 30.7 Å². The van der Waals surface area contributed by atoms with Crippen LogP contribution in [-0.2, 0) is 27.7 Å². The van der Waals surface area contributed by atoms with E-state index in [1.54, 1.807) is 48.5 Å². The summed E-state index contributed by atoms with van der Waals surface area (Å²) in [6, 6.07) is 15.8. The van der Waals surface area contributed by atoms with E-state index in [1.807, 2.05) is 6.92 Å². The van der Waals surface area contributed by atoms with Gasteiger partial charge in [0.15, 0.2) is 5.78 Å². The molecule has 1 fully saturated rings. The summed E-state index contributed by atoms with van der Waals surface area (Å²) < 4.78 is 55.6. The number of halogens is 3. The van der Waals surface area contributed by atoms with Crippen LogP contribution in [0.4, 0.5) is 8.78 Å². The van der Waals surface area contributed by atoms with Crippen LogP contribution in [0, 0.1) is 11.6 Å². The van der Waals surface area contributed by atoms with E-state index in [2.05, 4.69) is 5.32 Å². The van der Waals surface area contributed by atoms with Gasteiger partial charge in [0.25, 0.3) is 0 Å². The van der Waals surface area contributed by atoms with E-state index in [0.717, 1.165) is 0 Å². The average Bonchev–Trinajstić information content (AvgIpc) is 2.88. The van der Waals surface area contributed by atoms with Crippen molar-refractivity contribution in [2.45, 2.75) is 50.2 Å². The third-order valence-electron chi connectivity index (χ3n) is 7.45. The zero-order chi connectivity index (χ0) is 29.0. The number of nitrogens with two attached hydrogens (primary N) is 1. The van der Waals surface area contributed by atoms with Crippen molar-refractivity contribution in [2.75, 3.05) is 19.3 Å². The topological polar surface area (TPSA) is 92.5 Å². The number of carbonyl (C=O) groups is 1. The van der Waals surface area contributed by atoms with Crippen molar-refractivity contribution in [1.82, 2.24) is 9.62 Å². The second-order valence-electron chi connectivity index (χ2n) is 10.4. The number of nitrogens with zero attached hydrogens (tertiary/aromatic N) is 1. The summed E-state index contributed by atoms with van der Waals surface area (Å²) in [6.07, 6.45) is 1.69. The van der Waals surface area contributed by atoms with Gasteiger partial charge in [-0.2, -0.15) is 4.31 Å². The zero-order valence-electron chi connectivity index (χ0n) is 22.5. The summed E-state index contributed by atoms with van der Waals surface area (Å²) in [5.74, 6) is -1.92. The highest BCUT2D eigenvalue weighted by Gasteiger charge is 2.34. The largest absolute Gasteiger partial charge is 0.321 e. The van der Waals surface area contributed by atoms with Gasteiger partial charge in [0.2, 0.25) is 10.0 Å². The van der Waals surface area contributed by atoms with Crippen LogP contribution >= 0.6 is 11.6 Å². The van der Waals surface area contributed by atoms with E-state index in [9.17, 15) is 17.6 Å². The van der Waals surface area contributed by atoms with Crippen molar-refractivity contribution in [3.8, 4) is 0 Å². The van der Waals surface area contributed by atoms with E-state index >= 15 is 4.39 Å². The van der Waals surface area contributed by atoms with E-state index < -0.39 is 33.6 Å². The molecule has 1 aliphatic heterocycles. The summed E-state index contributed by atoms with van der Waals surface area (Å²) in [5.41, 5.74) is 8.59. The van der Waals surface area contributed by atoms with Crippen LogP contribution in [0.25, 0.3) is 0 Å². The van der Waals surface area contributed by atoms with Gasteiger partial charge in [0.05, 0.1) is 12.3 Å². The van der Waals surface area contributed by atoms with Gasteiger partial charge in [0, 0.05) is 42.5 Å². The molecule has 0 saturated carbocycles. The maximum Gasteiger partial charge on any atom is 0.211 e. The van der Waals surface area contributed by atoms with Crippen LogP contribution in [0.5, 0.6) is 0 Å². The van der Waals surface area contributed by atoms with Gasteiger partial charge in [-0.1, -0.05) is 48.0 Å². The van der Waals surface area contributed by atoms with Crippen LogP contribution in [0.15, 0.2) is 66.7 Å². The predicted octanol–water partition coefficient (Wildman–Crippen LogP) is 4.44. The molecule has 0 amide bonds. The maximum absolute atomic E-state index is 15.1. The van der Waals surface area contributed by atoms with E-state index in [0.29, 0.717) is 46.8 Å². The molecule has 0 aliphatic carbocycles. The summed E-state index contributed by atoms with van der Waals surface area (Å²) in [7, 11) is -3.45. The third-order valence-corrected chi connectivity index (χ3v) is 9.11. The standard InChI is InChI=1S/C30H34ClF2N3O3S/c1-19-17-35-18-25(36(19)40(2,38)39)12-13-26-20(6-5-11-27(26)33)16-28(37)30(34)29(21-7-3-9-23(31)14-21)22-8-4-10-24(32)15-22/h3-11,14-15,19,25,29-30,35H,12-13,16-18,34H2,1-2H3/t19-,25-,29-,30+/m0/s1. The molecule has 10 heteroatoms. The Morgan fingerprint density at radius 1 is 1.07 bits per heavy atom. The Bertz CT molecular complexity index is 1420. The number of carbonyl (C=O) groups excluding carboxylic acids is 1. The molecule has 0 aromatic heterocycles. The van der Waals surface area contributed by atoms with Crippen LogP contribution in [0.2, 0.25) is 5.02 Å². The summed E-state index contributed by atoms with van der Waals surface area (Å²) >= 11 is 6.22. The van der Waals surface area contributed by atoms with Gasteiger partial charge < -0.3 is 11.1 Å². The lowest BCUT2D eigenvalue weighted by Crippen LogP contribution is -2.58. The molecule has 1 saturated heterocycles. The number of rotatable bonds is 10. The second kappa shape index (κ2) is 12.9. The molecule has 0 radical (unpaired) electrons. The minimum absolute atomic E-state index is 0.129. The van der Waals surface area contributed by atoms with E-state index in [4.69, 9.17) is 17.3 Å². The van der Waals surface area contributed by atoms with Gasteiger partial charge >= 0.3 is 0 Å². The molecule has 3 N–H and O–H groups in total. The van der Waals surface area contributed by atoms with Crippen molar-refractivity contribution in [2.24, 2.45) is 5.73 Å². The van der Waals surface area contributed by atoms with E-state index in [1.165, 1.54) is 28.8 Å². The number of ketones is 1. The first-order valence-corrected chi connectivity index (χ1v) is 15.4. The first-order chi connectivity index (χ1) is 19.0. The predicted molar refractivity (Wildman–Crippen MR) is 154 cm³/mol. The van der Waals surface area contributed by atoms with Crippen LogP contribution < -0.4 is 11.1 Å². The fourth-order valence-corrected chi connectivity index (χ4v) is 7.33.